The normalized spacial score (nSPS) is 12.6. The van der Waals surface area contributed by atoms with Crippen molar-refractivity contribution < 1.29 is 14.3 Å². The molecule has 4 heteroatoms. The Labute approximate surface area is 114 Å². The van der Waals surface area contributed by atoms with Crippen LogP contribution in [0.25, 0.3) is 0 Å². The highest BCUT2D eigenvalue weighted by Crippen LogP contribution is 2.19. The van der Waals surface area contributed by atoms with E-state index in [2.05, 4.69) is 5.32 Å². The average Bonchev–Trinajstić information content (AvgIpc) is 2.27. The lowest BCUT2D eigenvalue weighted by molar-refractivity contribution is -0.154. The molecule has 1 unspecified atom stereocenters. The summed E-state index contributed by atoms with van der Waals surface area (Å²) in [7, 11) is 0. The zero-order chi connectivity index (χ0) is 14.5. The van der Waals surface area contributed by atoms with E-state index in [-0.39, 0.29) is 23.7 Å². The van der Waals surface area contributed by atoms with Gasteiger partial charge >= 0.3 is 5.97 Å². The maximum absolute atomic E-state index is 11.8. The summed E-state index contributed by atoms with van der Waals surface area (Å²) in [5.74, 6) is -0.684. The first kappa shape index (κ1) is 15.2. The monoisotopic (exact) mass is 263 g/mol. The molecule has 1 atom stereocenters. The van der Waals surface area contributed by atoms with Gasteiger partial charge in [0.2, 0.25) is 0 Å². The third kappa shape index (κ3) is 6.04. The lowest BCUT2D eigenvalue weighted by atomic mass is 9.92. The quantitative estimate of drug-likeness (QED) is 0.850. The van der Waals surface area contributed by atoms with Crippen molar-refractivity contribution in [3.8, 4) is 0 Å². The summed E-state index contributed by atoms with van der Waals surface area (Å²) < 4.78 is 5.11. The summed E-state index contributed by atoms with van der Waals surface area (Å²) in [5.41, 5.74) is 0.540. The highest BCUT2D eigenvalue weighted by atomic mass is 16.5. The molecule has 1 aromatic rings. The van der Waals surface area contributed by atoms with Crippen molar-refractivity contribution in [1.82, 2.24) is 0 Å². The molecule has 0 aliphatic carbocycles. The molecule has 0 spiro atoms. The third-order valence-corrected chi connectivity index (χ3v) is 2.39. The second-order valence-electron chi connectivity index (χ2n) is 5.72. The molecular formula is C15H21NO3. The number of para-hydroxylation sites is 1. The van der Waals surface area contributed by atoms with Gasteiger partial charge in [0.25, 0.3) is 5.91 Å². The summed E-state index contributed by atoms with van der Waals surface area (Å²) >= 11 is 0. The standard InChI is InChI=1S/C15H21NO3/c1-11(19-13(17)10-15(2,3)4)14(18)16-12-8-6-5-7-9-12/h5-9,11H,10H2,1-4H3,(H,16,18). The summed E-state index contributed by atoms with van der Waals surface area (Å²) in [6, 6.07) is 9.07. The van der Waals surface area contributed by atoms with E-state index in [0.29, 0.717) is 5.69 Å². The Kier molecular flexibility index (Phi) is 5.10. The number of rotatable bonds is 4. The molecule has 1 amide bonds. The lowest BCUT2D eigenvalue weighted by Gasteiger charge is -2.19. The minimum atomic E-state index is -0.796. The number of ether oxygens (including phenoxy) is 1. The van der Waals surface area contributed by atoms with E-state index in [1.807, 2.05) is 39.0 Å². The number of hydrogen-bond donors (Lipinski definition) is 1. The van der Waals surface area contributed by atoms with Crippen LogP contribution in [0.15, 0.2) is 30.3 Å². The number of benzene rings is 1. The van der Waals surface area contributed by atoms with Crippen LogP contribution in [0.3, 0.4) is 0 Å². The van der Waals surface area contributed by atoms with Gasteiger partial charge in [0.1, 0.15) is 0 Å². The highest BCUT2D eigenvalue weighted by Gasteiger charge is 2.22. The topological polar surface area (TPSA) is 55.4 Å². The third-order valence-electron chi connectivity index (χ3n) is 2.39. The molecule has 0 saturated carbocycles. The number of amides is 1. The fourth-order valence-electron chi connectivity index (χ4n) is 1.49. The minimum absolute atomic E-state index is 0.146. The molecule has 0 heterocycles. The minimum Gasteiger partial charge on any atom is -0.453 e. The maximum Gasteiger partial charge on any atom is 0.307 e. The Balaban J connectivity index is 2.47. The van der Waals surface area contributed by atoms with Crippen molar-refractivity contribution in [2.45, 2.75) is 40.2 Å². The molecule has 0 fully saturated rings. The molecule has 1 aromatic carbocycles. The van der Waals surface area contributed by atoms with Crippen LogP contribution in [-0.4, -0.2) is 18.0 Å². The molecular weight excluding hydrogens is 242 g/mol. The van der Waals surface area contributed by atoms with E-state index < -0.39 is 6.10 Å². The Bertz CT molecular complexity index is 434. The average molecular weight is 263 g/mol. The number of anilines is 1. The first-order valence-corrected chi connectivity index (χ1v) is 6.33. The zero-order valence-electron chi connectivity index (χ0n) is 11.9. The first-order valence-electron chi connectivity index (χ1n) is 6.33. The molecule has 19 heavy (non-hydrogen) atoms. The number of carbonyl (C=O) groups is 2. The van der Waals surface area contributed by atoms with E-state index >= 15 is 0 Å². The van der Waals surface area contributed by atoms with Gasteiger partial charge in [0.15, 0.2) is 6.10 Å². The second-order valence-corrected chi connectivity index (χ2v) is 5.72. The first-order chi connectivity index (χ1) is 8.78. The van der Waals surface area contributed by atoms with Crippen LogP contribution in [0.4, 0.5) is 5.69 Å². The summed E-state index contributed by atoms with van der Waals surface area (Å²) in [6.07, 6.45) is -0.509. The van der Waals surface area contributed by atoms with Crippen molar-refractivity contribution in [2.75, 3.05) is 5.32 Å². The van der Waals surface area contributed by atoms with Gasteiger partial charge in [0, 0.05) is 5.69 Å². The van der Waals surface area contributed by atoms with Crippen LogP contribution in [0, 0.1) is 5.41 Å². The van der Waals surface area contributed by atoms with Crippen LogP contribution < -0.4 is 5.32 Å². The fraction of sp³-hybridized carbons (Fsp3) is 0.467. The van der Waals surface area contributed by atoms with Crippen molar-refractivity contribution >= 4 is 17.6 Å². The van der Waals surface area contributed by atoms with Gasteiger partial charge in [-0.05, 0) is 24.5 Å². The molecule has 0 bridgehead atoms. The van der Waals surface area contributed by atoms with Crippen molar-refractivity contribution in [3.05, 3.63) is 30.3 Å². The summed E-state index contributed by atoms with van der Waals surface area (Å²) in [5, 5.41) is 2.69. The Morgan fingerprint density at radius 3 is 2.32 bits per heavy atom. The summed E-state index contributed by atoms with van der Waals surface area (Å²) in [6.45, 7) is 7.41. The number of nitrogens with one attached hydrogen (secondary N) is 1. The van der Waals surface area contributed by atoms with Gasteiger partial charge in [-0.25, -0.2) is 0 Å². The largest absolute Gasteiger partial charge is 0.453 e. The number of carbonyl (C=O) groups excluding carboxylic acids is 2. The van der Waals surface area contributed by atoms with Crippen LogP contribution in [0.5, 0.6) is 0 Å². The summed E-state index contributed by atoms with van der Waals surface area (Å²) in [4.78, 5) is 23.4. The van der Waals surface area contributed by atoms with E-state index in [4.69, 9.17) is 4.74 Å². The predicted molar refractivity (Wildman–Crippen MR) is 74.7 cm³/mol. The second kappa shape index (κ2) is 6.36. The van der Waals surface area contributed by atoms with Crippen molar-refractivity contribution in [1.29, 1.82) is 0 Å². The Morgan fingerprint density at radius 1 is 1.21 bits per heavy atom. The predicted octanol–water partition coefficient (Wildman–Crippen LogP) is 2.99. The van der Waals surface area contributed by atoms with Gasteiger partial charge in [0.05, 0.1) is 6.42 Å². The molecule has 1 N–H and O–H groups in total. The van der Waals surface area contributed by atoms with Gasteiger partial charge in [-0.2, -0.15) is 0 Å². The van der Waals surface area contributed by atoms with E-state index in [1.165, 1.54) is 0 Å². The smallest absolute Gasteiger partial charge is 0.307 e. The van der Waals surface area contributed by atoms with Crippen LogP contribution in [0.1, 0.15) is 34.1 Å². The molecule has 0 aliphatic rings. The Hall–Kier alpha value is -1.84. The molecule has 4 nitrogen and oxygen atoms in total. The number of hydrogen-bond acceptors (Lipinski definition) is 3. The molecule has 1 rings (SSSR count). The van der Waals surface area contributed by atoms with Gasteiger partial charge in [-0.1, -0.05) is 39.0 Å². The van der Waals surface area contributed by atoms with E-state index in [1.54, 1.807) is 19.1 Å². The number of esters is 1. The van der Waals surface area contributed by atoms with Crippen molar-refractivity contribution in [3.63, 3.8) is 0 Å². The van der Waals surface area contributed by atoms with Crippen LogP contribution >= 0.6 is 0 Å². The van der Waals surface area contributed by atoms with E-state index in [0.717, 1.165) is 0 Å². The van der Waals surface area contributed by atoms with Gasteiger partial charge in [-0.3, -0.25) is 9.59 Å². The molecule has 104 valence electrons. The van der Waals surface area contributed by atoms with Crippen molar-refractivity contribution in [2.24, 2.45) is 5.41 Å². The molecule has 0 aliphatic heterocycles. The van der Waals surface area contributed by atoms with Gasteiger partial charge < -0.3 is 10.1 Å². The molecule has 0 aromatic heterocycles. The lowest BCUT2D eigenvalue weighted by Crippen LogP contribution is -2.31. The zero-order valence-corrected chi connectivity index (χ0v) is 11.9. The maximum atomic E-state index is 11.8. The van der Waals surface area contributed by atoms with Crippen LogP contribution in [0.2, 0.25) is 0 Å². The molecule has 0 saturated heterocycles. The SMILES string of the molecule is CC(OC(=O)CC(C)(C)C)C(=O)Nc1ccccc1. The van der Waals surface area contributed by atoms with Gasteiger partial charge in [-0.15, -0.1) is 0 Å². The van der Waals surface area contributed by atoms with E-state index in [9.17, 15) is 9.59 Å². The molecule has 0 radical (unpaired) electrons. The Morgan fingerprint density at radius 2 is 1.79 bits per heavy atom. The fourth-order valence-corrected chi connectivity index (χ4v) is 1.49. The van der Waals surface area contributed by atoms with Crippen LogP contribution in [-0.2, 0) is 14.3 Å². The highest BCUT2D eigenvalue weighted by molar-refractivity contribution is 5.95.